The molecule has 0 amide bonds. The minimum Gasteiger partial charge on any atom is -0.313 e. The molecule has 0 aliphatic heterocycles. The van der Waals surface area contributed by atoms with Crippen LogP contribution in [0.15, 0.2) is 28.7 Å². The first kappa shape index (κ1) is 13.6. The van der Waals surface area contributed by atoms with Gasteiger partial charge in [0, 0.05) is 10.5 Å². The van der Waals surface area contributed by atoms with E-state index in [-0.39, 0.29) is 0 Å². The first-order valence-electron chi connectivity index (χ1n) is 7.77. The molecule has 3 rings (SSSR count). The molecule has 3 atom stereocenters. The minimum absolute atomic E-state index is 0.699. The van der Waals surface area contributed by atoms with Gasteiger partial charge in [-0.05, 0) is 67.7 Å². The molecule has 0 spiro atoms. The van der Waals surface area contributed by atoms with Gasteiger partial charge in [-0.25, -0.2) is 0 Å². The van der Waals surface area contributed by atoms with Crippen LogP contribution < -0.4 is 5.32 Å². The molecule has 1 nitrogen and oxygen atoms in total. The Balaban J connectivity index is 1.66. The van der Waals surface area contributed by atoms with Crippen molar-refractivity contribution in [3.05, 3.63) is 34.3 Å². The molecule has 1 aromatic carbocycles. The van der Waals surface area contributed by atoms with E-state index in [2.05, 4.69) is 52.4 Å². The first-order valence-corrected chi connectivity index (χ1v) is 8.56. The highest BCUT2D eigenvalue weighted by Gasteiger charge is 2.55. The third kappa shape index (κ3) is 3.05. The van der Waals surface area contributed by atoms with Crippen LogP contribution in [-0.4, -0.2) is 12.6 Å². The lowest BCUT2D eigenvalue weighted by molar-refractivity contribution is 0.403. The summed E-state index contributed by atoms with van der Waals surface area (Å²) in [5, 5.41) is 3.81. The number of hydrogen-bond donors (Lipinski definition) is 1. The molecule has 1 N–H and O–H groups in total. The Bertz CT molecular complexity index is 421. The molecule has 2 saturated carbocycles. The van der Waals surface area contributed by atoms with Crippen molar-refractivity contribution in [3.63, 3.8) is 0 Å². The molecule has 2 aliphatic carbocycles. The summed E-state index contributed by atoms with van der Waals surface area (Å²) >= 11 is 3.59. The molecule has 2 aliphatic rings. The summed E-state index contributed by atoms with van der Waals surface area (Å²) in [4.78, 5) is 0. The Morgan fingerprint density at radius 3 is 2.79 bits per heavy atom. The van der Waals surface area contributed by atoms with E-state index in [4.69, 9.17) is 0 Å². The molecule has 19 heavy (non-hydrogen) atoms. The van der Waals surface area contributed by atoms with Crippen molar-refractivity contribution in [1.29, 1.82) is 0 Å². The number of benzene rings is 1. The number of halogens is 1. The number of hydrogen-bond acceptors (Lipinski definition) is 1. The summed E-state index contributed by atoms with van der Waals surface area (Å²) < 4.78 is 1.20. The van der Waals surface area contributed by atoms with Crippen molar-refractivity contribution in [3.8, 4) is 0 Å². The van der Waals surface area contributed by atoms with Gasteiger partial charge in [-0.2, -0.15) is 0 Å². The lowest BCUT2D eigenvalue weighted by Gasteiger charge is -2.21. The van der Waals surface area contributed by atoms with Crippen molar-refractivity contribution in [2.75, 3.05) is 6.54 Å². The summed E-state index contributed by atoms with van der Waals surface area (Å²) in [5.74, 6) is 3.04. The summed E-state index contributed by atoms with van der Waals surface area (Å²) in [6.45, 7) is 3.42. The van der Waals surface area contributed by atoms with Gasteiger partial charge in [0.25, 0.3) is 0 Å². The standard InChI is InChI=1S/C17H24BrN/c1-2-9-19-16(17-14-7-4-8-15(14)17)11-12-5-3-6-13(18)10-12/h3,5-6,10,14-17,19H,2,4,7-9,11H2,1H3. The summed E-state index contributed by atoms with van der Waals surface area (Å²) in [7, 11) is 0. The first-order chi connectivity index (χ1) is 9.29. The molecule has 2 heteroatoms. The Morgan fingerprint density at radius 1 is 1.32 bits per heavy atom. The average Bonchev–Trinajstić information content (AvgIpc) is 2.87. The molecule has 0 saturated heterocycles. The van der Waals surface area contributed by atoms with Crippen LogP contribution in [0.1, 0.15) is 38.2 Å². The Labute approximate surface area is 125 Å². The fourth-order valence-electron chi connectivity index (χ4n) is 4.07. The predicted molar refractivity (Wildman–Crippen MR) is 84.2 cm³/mol. The molecule has 104 valence electrons. The molecule has 0 radical (unpaired) electrons. The maximum atomic E-state index is 3.81. The highest BCUT2D eigenvalue weighted by Crippen LogP contribution is 2.59. The molecule has 0 heterocycles. The van der Waals surface area contributed by atoms with E-state index in [0.717, 1.165) is 24.3 Å². The van der Waals surface area contributed by atoms with Gasteiger partial charge in [-0.15, -0.1) is 0 Å². The van der Waals surface area contributed by atoms with Gasteiger partial charge in [0.05, 0.1) is 0 Å². The van der Waals surface area contributed by atoms with Gasteiger partial charge >= 0.3 is 0 Å². The van der Waals surface area contributed by atoms with Crippen LogP contribution in [0.2, 0.25) is 0 Å². The summed E-state index contributed by atoms with van der Waals surface area (Å²) in [6.07, 6.45) is 6.87. The van der Waals surface area contributed by atoms with E-state index in [1.54, 1.807) is 0 Å². The normalized spacial score (nSPS) is 30.1. The average molecular weight is 322 g/mol. The molecule has 3 unspecified atom stereocenters. The SMILES string of the molecule is CCCNC(Cc1cccc(Br)c1)C1C2CCCC21. The Kier molecular flexibility index (Phi) is 4.28. The lowest BCUT2D eigenvalue weighted by Crippen LogP contribution is -2.35. The van der Waals surface area contributed by atoms with Crippen LogP contribution in [0.4, 0.5) is 0 Å². The fraction of sp³-hybridized carbons (Fsp3) is 0.647. The Hall–Kier alpha value is -0.340. The van der Waals surface area contributed by atoms with E-state index in [1.165, 1.54) is 42.1 Å². The third-order valence-corrected chi connectivity index (χ3v) is 5.43. The molecule has 2 fully saturated rings. The second-order valence-electron chi connectivity index (χ2n) is 6.23. The van der Waals surface area contributed by atoms with E-state index in [0.29, 0.717) is 6.04 Å². The number of nitrogens with one attached hydrogen (secondary N) is 1. The van der Waals surface area contributed by atoms with Crippen molar-refractivity contribution >= 4 is 15.9 Å². The second kappa shape index (κ2) is 5.97. The highest BCUT2D eigenvalue weighted by atomic mass is 79.9. The predicted octanol–water partition coefficient (Wildman–Crippen LogP) is 4.41. The quantitative estimate of drug-likeness (QED) is 0.818. The van der Waals surface area contributed by atoms with Crippen molar-refractivity contribution in [1.82, 2.24) is 5.32 Å². The van der Waals surface area contributed by atoms with Crippen molar-refractivity contribution in [2.24, 2.45) is 17.8 Å². The largest absolute Gasteiger partial charge is 0.313 e. The molecule has 0 aromatic heterocycles. The minimum atomic E-state index is 0.699. The molecule has 1 aromatic rings. The molecule has 0 bridgehead atoms. The van der Waals surface area contributed by atoms with Gasteiger partial charge < -0.3 is 5.32 Å². The van der Waals surface area contributed by atoms with Crippen LogP contribution in [0, 0.1) is 17.8 Å². The number of fused-ring (bicyclic) bond motifs is 1. The van der Waals surface area contributed by atoms with Crippen LogP contribution in [0.25, 0.3) is 0 Å². The number of rotatable bonds is 6. The van der Waals surface area contributed by atoms with Crippen LogP contribution >= 0.6 is 15.9 Å². The monoisotopic (exact) mass is 321 g/mol. The van der Waals surface area contributed by atoms with Gasteiger partial charge in [0.15, 0.2) is 0 Å². The second-order valence-corrected chi connectivity index (χ2v) is 7.15. The van der Waals surface area contributed by atoms with Crippen molar-refractivity contribution < 1.29 is 0 Å². The topological polar surface area (TPSA) is 12.0 Å². The molecular weight excluding hydrogens is 298 g/mol. The van der Waals surface area contributed by atoms with Gasteiger partial charge in [0.2, 0.25) is 0 Å². The summed E-state index contributed by atoms with van der Waals surface area (Å²) in [6, 6.07) is 9.51. The molecular formula is C17H24BrN. The zero-order valence-corrected chi connectivity index (χ0v) is 13.3. The third-order valence-electron chi connectivity index (χ3n) is 4.94. The zero-order valence-electron chi connectivity index (χ0n) is 11.7. The van der Waals surface area contributed by atoms with E-state index in [9.17, 15) is 0 Å². The van der Waals surface area contributed by atoms with E-state index in [1.807, 2.05) is 0 Å². The van der Waals surface area contributed by atoms with Crippen LogP contribution in [-0.2, 0) is 6.42 Å². The van der Waals surface area contributed by atoms with E-state index < -0.39 is 0 Å². The zero-order chi connectivity index (χ0) is 13.2. The van der Waals surface area contributed by atoms with Gasteiger partial charge in [-0.1, -0.05) is 41.4 Å². The fourth-order valence-corrected chi connectivity index (χ4v) is 4.51. The highest BCUT2D eigenvalue weighted by molar-refractivity contribution is 9.10. The van der Waals surface area contributed by atoms with Crippen LogP contribution in [0.5, 0.6) is 0 Å². The maximum absolute atomic E-state index is 3.81. The van der Waals surface area contributed by atoms with Crippen molar-refractivity contribution in [2.45, 2.75) is 45.1 Å². The smallest absolute Gasteiger partial charge is 0.0178 e. The Morgan fingerprint density at radius 2 is 2.11 bits per heavy atom. The van der Waals surface area contributed by atoms with Gasteiger partial charge in [0.1, 0.15) is 0 Å². The van der Waals surface area contributed by atoms with Crippen LogP contribution in [0.3, 0.4) is 0 Å². The maximum Gasteiger partial charge on any atom is 0.0178 e. The lowest BCUT2D eigenvalue weighted by atomic mass is 9.97. The van der Waals surface area contributed by atoms with E-state index >= 15 is 0 Å². The summed E-state index contributed by atoms with van der Waals surface area (Å²) in [5.41, 5.74) is 1.47. The van der Waals surface area contributed by atoms with Gasteiger partial charge in [-0.3, -0.25) is 0 Å².